The van der Waals surface area contributed by atoms with Gasteiger partial charge >= 0.3 is 0 Å². The summed E-state index contributed by atoms with van der Waals surface area (Å²) in [4.78, 5) is 39.6. The summed E-state index contributed by atoms with van der Waals surface area (Å²) in [5.74, 6) is -0.811. The molecule has 4 aromatic carbocycles. The minimum absolute atomic E-state index is 0.0137. The number of hydrogen-bond donors (Lipinski definition) is 3. The lowest BCUT2D eigenvalue weighted by Gasteiger charge is -2.27. The highest BCUT2D eigenvalue weighted by Crippen LogP contribution is 2.34. The van der Waals surface area contributed by atoms with Gasteiger partial charge in [-0.05, 0) is 66.1 Å². The maximum absolute atomic E-state index is 14.7. The minimum Gasteiger partial charge on any atom is -0.341 e. The fourth-order valence-corrected chi connectivity index (χ4v) is 7.82. The van der Waals surface area contributed by atoms with Crippen LogP contribution < -0.4 is 20.7 Å². The molecule has 0 fully saturated rings. The number of anilines is 1. The Kier molecular flexibility index (Phi) is 11.0. The number of nitrogens with zero attached hydrogens (tertiary/aromatic N) is 3. The summed E-state index contributed by atoms with van der Waals surface area (Å²) in [7, 11) is -4.33. The van der Waals surface area contributed by atoms with E-state index in [1.54, 1.807) is 30.3 Å². The summed E-state index contributed by atoms with van der Waals surface area (Å²) in [6, 6.07) is 19.6. The zero-order valence-corrected chi connectivity index (χ0v) is 30.6. The number of aromatic nitrogens is 2. The van der Waals surface area contributed by atoms with Gasteiger partial charge in [0.1, 0.15) is 0 Å². The number of carbonyl (C=O) groups is 2. The summed E-state index contributed by atoms with van der Waals surface area (Å²) in [5.41, 5.74) is 9.08. The van der Waals surface area contributed by atoms with Crippen LogP contribution in [0, 0.1) is 0 Å². The van der Waals surface area contributed by atoms with Gasteiger partial charge in [0, 0.05) is 64.9 Å². The van der Waals surface area contributed by atoms with Crippen LogP contribution in [0.3, 0.4) is 0 Å². The summed E-state index contributed by atoms with van der Waals surface area (Å²) >= 11 is 13.1. The Hall–Kier alpha value is -4.39. The third-order valence-corrected chi connectivity index (χ3v) is 10.9. The van der Waals surface area contributed by atoms with Crippen LogP contribution in [0.2, 0.25) is 10.0 Å². The molecule has 13 heteroatoms. The Labute approximate surface area is 307 Å². The van der Waals surface area contributed by atoms with E-state index in [4.69, 9.17) is 33.9 Å². The number of carbonyl (C=O) groups excluding carboxylic acids is 2. The molecular formula is C38H38Cl2N6O4S. The number of nitrogens with two attached hydrogens (primary N) is 1. The van der Waals surface area contributed by atoms with Gasteiger partial charge in [-0.3, -0.25) is 9.59 Å². The van der Waals surface area contributed by atoms with E-state index >= 15 is 0 Å². The molecule has 1 aliphatic rings. The number of sulfonamides is 1. The van der Waals surface area contributed by atoms with E-state index < -0.39 is 15.9 Å². The highest BCUT2D eigenvalue weighted by molar-refractivity contribution is 7.90. The van der Waals surface area contributed by atoms with Crippen LogP contribution in [0.1, 0.15) is 64.1 Å². The molecule has 0 bridgehead atoms. The van der Waals surface area contributed by atoms with E-state index in [0.717, 1.165) is 42.4 Å². The molecule has 10 nitrogen and oxygen atoms in total. The van der Waals surface area contributed by atoms with Gasteiger partial charge in [-0.15, -0.1) is 0 Å². The molecule has 0 radical (unpaired) electrons. The molecule has 0 saturated heterocycles. The normalized spacial score (nSPS) is 14.3. The Balaban J connectivity index is 1.44. The van der Waals surface area contributed by atoms with E-state index in [0.29, 0.717) is 52.7 Å². The second kappa shape index (κ2) is 15.5. The number of fused-ring (bicyclic) bond motifs is 2. The smallest absolute Gasteiger partial charge is 0.265 e. The van der Waals surface area contributed by atoms with Crippen molar-refractivity contribution in [3.63, 3.8) is 0 Å². The average molecular weight is 746 g/mol. The first-order valence-electron chi connectivity index (χ1n) is 16.8. The monoisotopic (exact) mass is 744 g/mol. The molecule has 0 spiro atoms. The van der Waals surface area contributed by atoms with Gasteiger partial charge in [0.05, 0.1) is 21.8 Å². The van der Waals surface area contributed by atoms with Crippen molar-refractivity contribution in [1.29, 1.82) is 0 Å². The molecule has 51 heavy (non-hydrogen) atoms. The van der Waals surface area contributed by atoms with E-state index in [-0.39, 0.29) is 32.9 Å². The quantitative estimate of drug-likeness (QED) is 0.121. The molecule has 2 heterocycles. The van der Waals surface area contributed by atoms with Gasteiger partial charge in [-0.1, -0.05) is 79.5 Å². The Morgan fingerprint density at radius 2 is 1.73 bits per heavy atom. The van der Waals surface area contributed by atoms with Crippen molar-refractivity contribution in [3.8, 4) is 11.3 Å². The third kappa shape index (κ3) is 7.63. The Morgan fingerprint density at radius 3 is 2.47 bits per heavy atom. The summed E-state index contributed by atoms with van der Waals surface area (Å²) in [5, 5.41) is 5.27. The lowest BCUT2D eigenvalue weighted by molar-refractivity contribution is 0.0981. The number of hydrogen-bond acceptors (Lipinski definition) is 9. The molecule has 0 aliphatic carbocycles. The Morgan fingerprint density at radius 1 is 0.961 bits per heavy atom. The van der Waals surface area contributed by atoms with Crippen LogP contribution in [0.5, 0.6) is 0 Å². The van der Waals surface area contributed by atoms with Crippen molar-refractivity contribution in [1.82, 2.24) is 20.0 Å². The maximum atomic E-state index is 14.7. The topological polar surface area (TPSA) is 147 Å². The number of rotatable bonds is 12. The van der Waals surface area contributed by atoms with E-state index in [9.17, 15) is 18.0 Å². The van der Waals surface area contributed by atoms with Crippen LogP contribution in [-0.2, 0) is 23.0 Å². The lowest BCUT2D eigenvalue weighted by Crippen LogP contribution is -2.41. The van der Waals surface area contributed by atoms with Crippen LogP contribution >= 0.6 is 23.2 Å². The first-order chi connectivity index (χ1) is 24.5. The lowest BCUT2D eigenvalue weighted by atomic mass is 9.86. The number of amides is 1. The second-order valence-electron chi connectivity index (χ2n) is 12.5. The van der Waals surface area contributed by atoms with Gasteiger partial charge in [-0.2, -0.15) is 0 Å². The van der Waals surface area contributed by atoms with Crippen molar-refractivity contribution in [2.75, 3.05) is 24.5 Å². The van der Waals surface area contributed by atoms with Crippen molar-refractivity contribution in [2.45, 2.75) is 50.6 Å². The number of ketones is 1. The van der Waals surface area contributed by atoms with Crippen molar-refractivity contribution in [3.05, 3.63) is 117 Å². The molecule has 0 saturated carbocycles. The molecule has 264 valence electrons. The minimum atomic E-state index is -4.33. The van der Waals surface area contributed by atoms with E-state index in [1.165, 1.54) is 30.5 Å². The van der Waals surface area contributed by atoms with Crippen molar-refractivity contribution >= 4 is 61.6 Å². The molecule has 1 atom stereocenters. The predicted octanol–water partition coefficient (Wildman–Crippen LogP) is 6.55. The molecule has 6 rings (SSSR count). The van der Waals surface area contributed by atoms with Gasteiger partial charge in [0.25, 0.3) is 15.9 Å². The molecule has 1 unspecified atom stereocenters. The highest BCUT2D eigenvalue weighted by atomic mass is 35.5. The fourth-order valence-electron chi connectivity index (χ4n) is 6.39. The zero-order valence-electron chi connectivity index (χ0n) is 28.2. The van der Waals surface area contributed by atoms with Crippen LogP contribution in [0.4, 0.5) is 5.95 Å². The first-order valence-corrected chi connectivity index (χ1v) is 19.0. The number of nitrogens with one attached hydrogen (secondary N) is 2. The van der Waals surface area contributed by atoms with Gasteiger partial charge in [0.2, 0.25) is 5.95 Å². The maximum Gasteiger partial charge on any atom is 0.265 e. The molecule has 5 aromatic rings. The van der Waals surface area contributed by atoms with E-state index in [2.05, 4.69) is 33.8 Å². The van der Waals surface area contributed by atoms with Crippen LogP contribution in [0.25, 0.3) is 22.0 Å². The van der Waals surface area contributed by atoms with Gasteiger partial charge in [-0.25, -0.2) is 23.1 Å². The molecule has 1 amide bonds. The first kappa shape index (κ1) is 36.4. The Bertz CT molecular complexity index is 2240. The van der Waals surface area contributed by atoms with Gasteiger partial charge < -0.3 is 16.0 Å². The highest BCUT2D eigenvalue weighted by Gasteiger charge is 2.28. The third-order valence-electron chi connectivity index (χ3n) is 8.95. The summed E-state index contributed by atoms with van der Waals surface area (Å²) in [6.07, 6.45) is 3.80. The van der Waals surface area contributed by atoms with Gasteiger partial charge in [0.15, 0.2) is 5.78 Å². The predicted molar refractivity (Wildman–Crippen MR) is 202 cm³/mol. The fraction of sp³-hybridized carbons (Fsp3) is 0.263. The standard InChI is InChI=1S/C38H38Cl2N6O4S/c1-3-15-46(16-4-2)38-43-22-34(40)35(44-38)28-14-12-24(17-32(28)36(47)29-9-5-8-25-21-42-26(20-41)18-30(25)29)37(48)45-51(49,50)27-13-11-23-7-6-10-33(39)31(23)19-27/h5-14,17,19,22,26,42H,3-4,15-16,18,20-21,41H2,1-2H3,(H,45,48). The zero-order chi connectivity index (χ0) is 36.3. The number of benzene rings is 4. The summed E-state index contributed by atoms with van der Waals surface area (Å²) in [6.45, 7) is 6.54. The van der Waals surface area contributed by atoms with E-state index in [1.807, 2.05) is 18.2 Å². The molecule has 4 N–H and O–H groups in total. The largest absolute Gasteiger partial charge is 0.341 e. The average Bonchev–Trinajstić information content (AvgIpc) is 3.14. The van der Waals surface area contributed by atoms with Crippen molar-refractivity contribution in [2.24, 2.45) is 5.73 Å². The van der Waals surface area contributed by atoms with Crippen LogP contribution in [0.15, 0.2) is 83.9 Å². The number of halogens is 2. The molecule has 1 aliphatic heterocycles. The SMILES string of the molecule is CCCN(CCC)c1ncc(Cl)c(-c2ccc(C(=O)NS(=O)(=O)c3ccc4cccc(Cl)c4c3)cc2C(=O)c2cccc3c2CC(CN)NC3)n1. The summed E-state index contributed by atoms with van der Waals surface area (Å²) < 4.78 is 29.1. The molecular weight excluding hydrogens is 707 g/mol. The second-order valence-corrected chi connectivity index (χ2v) is 15.0. The van der Waals surface area contributed by atoms with Crippen LogP contribution in [-0.4, -0.2) is 55.8 Å². The molecule has 1 aromatic heterocycles. The van der Waals surface area contributed by atoms with Crippen molar-refractivity contribution < 1.29 is 18.0 Å².